The Bertz CT molecular complexity index is 827. The van der Waals surface area contributed by atoms with Gasteiger partial charge in [0, 0.05) is 5.56 Å². The van der Waals surface area contributed by atoms with Crippen molar-refractivity contribution in [3.63, 3.8) is 0 Å². The molecular formula is C18H17N5O2. The first-order valence-corrected chi connectivity index (χ1v) is 7.75. The number of nitrogens with zero attached hydrogens (tertiary/aromatic N) is 3. The van der Waals surface area contributed by atoms with Crippen LogP contribution in [0.4, 0.5) is 10.7 Å². The molecule has 0 radical (unpaired) electrons. The Balaban J connectivity index is 1.69. The monoisotopic (exact) mass is 335 g/mol. The topological polar surface area (TPSA) is 100 Å². The molecule has 0 saturated carbocycles. The fourth-order valence-corrected chi connectivity index (χ4v) is 2.32. The van der Waals surface area contributed by atoms with Crippen molar-refractivity contribution in [3.05, 3.63) is 72.4 Å². The highest BCUT2D eigenvalue weighted by Gasteiger charge is 2.14. The van der Waals surface area contributed by atoms with Crippen LogP contribution in [-0.2, 0) is 0 Å². The van der Waals surface area contributed by atoms with E-state index in [-0.39, 0.29) is 12.6 Å². The fourth-order valence-electron chi connectivity index (χ4n) is 2.32. The number of anilines is 1. The van der Waals surface area contributed by atoms with Crippen LogP contribution in [0.2, 0.25) is 0 Å². The van der Waals surface area contributed by atoms with Crippen molar-refractivity contribution in [3.8, 4) is 11.3 Å². The molecule has 3 N–H and O–H groups in total. The molecule has 0 aliphatic carbocycles. The van der Waals surface area contributed by atoms with E-state index >= 15 is 0 Å². The molecule has 0 unspecified atom stereocenters. The van der Waals surface area contributed by atoms with Gasteiger partial charge in [-0.15, -0.1) is 5.10 Å². The third kappa shape index (κ3) is 4.36. The van der Waals surface area contributed by atoms with E-state index in [1.165, 1.54) is 6.20 Å². The van der Waals surface area contributed by atoms with Gasteiger partial charge in [0.1, 0.15) is 0 Å². The van der Waals surface area contributed by atoms with Gasteiger partial charge in [-0.05, 0) is 5.56 Å². The van der Waals surface area contributed by atoms with Gasteiger partial charge in [-0.3, -0.25) is 5.32 Å². The van der Waals surface area contributed by atoms with E-state index < -0.39 is 12.1 Å². The maximum atomic E-state index is 12.2. The molecule has 0 spiro atoms. The largest absolute Gasteiger partial charge is 0.394 e. The molecule has 7 heteroatoms. The summed E-state index contributed by atoms with van der Waals surface area (Å²) >= 11 is 0. The lowest BCUT2D eigenvalue weighted by molar-refractivity contribution is 0.225. The summed E-state index contributed by atoms with van der Waals surface area (Å²) in [7, 11) is 0. The summed E-state index contributed by atoms with van der Waals surface area (Å²) in [6.07, 6.45) is 1.53. The predicted octanol–water partition coefficient (Wildman–Crippen LogP) is 2.39. The van der Waals surface area contributed by atoms with Crippen LogP contribution in [0.15, 0.2) is 66.9 Å². The van der Waals surface area contributed by atoms with E-state index in [1.54, 1.807) is 0 Å². The number of aliphatic hydroxyl groups is 1. The average molecular weight is 335 g/mol. The normalized spacial score (nSPS) is 11.6. The van der Waals surface area contributed by atoms with Gasteiger partial charge in [0.15, 0.2) is 0 Å². The molecule has 0 bridgehead atoms. The molecule has 0 aliphatic heterocycles. The summed E-state index contributed by atoms with van der Waals surface area (Å²) < 4.78 is 0. The molecule has 0 aliphatic rings. The van der Waals surface area contributed by atoms with E-state index in [9.17, 15) is 9.90 Å². The molecule has 0 fully saturated rings. The van der Waals surface area contributed by atoms with Gasteiger partial charge in [-0.1, -0.05) is 60.7 Å². The van der Waals surface area contributed by atoms with Gasteiger partial charge in [0.05, 0.1) is 24.5 Å². The number of amides is 2. The van der Waals surface area contributed by atoms with Gasteiger partial charge < -0.3 is 10.4 Å². The Kier molecular flexibility index (Phi) is 5.28. The quantitative estimate of drug-likeness (QED) is 0.665. The Labute approximate surface area is 144 Å². The maximum absolute atomic E-state index is 12.2. The highest BCUT2D eigenvalue weighted by atomic mass is 16.3. The van der Waals surface area contributed by atoms with E-state index in [1.807, 2.05) is 60.7 Å². The number of carbonyl (C=O) groups is 1. The minimum absolute atomic E-state index is 0.0867. The Morgan fingerprint density at radius 3 is 2.40 bits per heavy atom. The molecule has 126 valence electrons. The smallest absolute Gasteiger partial charge is 0.322 e. The van der Waals surface area contributed by atoms with Crippen molar-refractivity contribution in [2.75, 3.05) is 11.9 Å². The zero-order chi connectivity index (χ0) is 17.5. The number of aliphatic hydroxyl groups excluding tert-OH is 1. The van der Waals surface area contributed by atoms with Crippen LogP contribution >= 0.6 is 0 Å². The predicted molar refractivity (Wildman–Crippen MR) is 93.7 cm³/mol. The summed E-state index contributed by atoms with van der Waals surface area (Å²) in [6, 6.07) is 17.6. The van der Waals surface area contributed by atoms with Crippen LogP contribution in [0.25, 0.3) is 11.3 Å². The summed E-state index contributed by atoms with van der Waals surface area (Å²) in [6.45, 7) is -0.222. The fraction of sp³-hybridized carbons (Fsp3) is 0.111. The van der Waals surface area contributed by atoms with Crippen molar-refractivity contribution in [2.24, 2.45) is 0 Å². The van der Waals surface area contributed by atoms with Crippen LogP contribution in [0, 0.1) is 0 Å². The molecular weight excluding hydrogens is 318 g/mol. The number of urea groups is 1. The van der Waals surface area contributed by atoms with Crippen LogP contribution in [0.5, 0.6) is 0 Å². The Morgan fingerprint density at radius 1 is 1.04 bits per heavy atom. The van der Waals surface area contributed by atoms with Crippen LogP contribution < -0.4 is 10.6 Å². The zero-order valence-corrected chi connectivity index (χ0v) is 13.3. The zero-order valence-electron chi connectivity index (χ0n) is 13.3. The first-order chi connectivity index (χ1) is 12.3. The third-order valence-electron chi connectivity index (χ3n) is 3.54. The molecule has 7 nitrogen and oxygen atoms in total. The summed E-state index contributed by atoms with van der Waals surface area (Å²) in [4.78, 5) is 16.4. The highest BCUT2D eigenvalue weighted by molar-refractivity contribution is 5.87. The molecule has 2 aromatic carbocycles. The van der Waals surface area contributed by atoms with E-state index in [0.29, 0.717) is 5.69 Å². The lowest BCUT2D eigenvalue weighted by Gasteiger charge is -2.16. The second kappa shape index (κ2) is 7.98. The van der Waals surface area contributed by atoms with Crippen LogP contribution in [0.1, 0.15) is 11.6 Å². The average Bonchev–Trinajstić information content (AvgIpc) is 2.68. The van der Waals surface area contributed by atoms with Crippen LogP contribution in [0.3, 0.4) is 0 Å². The number of rotatable bonds is 5. The second-order valence-electron chi connectivity index (χ2n) is 5.28. The number of carbonyl (C=O) groups excluding carboxylic acids is 1. The van der Waals surface area contributed by atoms with Gasteiger partial charge in [0.25, 0.3) is 5.95 Å². The van der Waals surface area contributed by atoms with Gasteiger partial charge >= 0.3 is 6.03 Å². The standard InChI is InChI=1S/C18H17N5O2/c24-12-16(14-9-5-2-6-10-14)21-18(25)22-17-20-15(11-19-23-17)13-7-3-1-4-8-13/h1-11,16,24H,12H2,(H2,20,21,22,23,25)/t16-/m1/s1. The van der Waals surface area contributed by atoms with Crippen molar-refractivity contribution >= 4 is 12.0 Å². The highest BCUT2D eigenvalue weighted by Crippen LogP contribution is 2.16. The third-order valence-corrected chi connectivity index (χ3v) is 3.54. The lowest BCUT2D eigenvalue weighted by atomic mass is 10.1. The van der Waals surface area contributed by atoms with Gasteiger partial charge in [-0.25, -0.2) is 9.78 Å². The second-order valence-corrected chi connectivity index (χ2v) is 5.28. The van der Waals surface area contributed by atoms with E-state index in [2.05, 4.69) is 25.8 Å². The molecule has 25 heavy (non-hydrogen) atoms. The number of hydrogen-bond acceptors (Lipinski definition) is 5. The number of aromatic nitrogens is 3. The Morgan fingerprint density at radius 2 is 1.72 bits per heavy atom. The Hall–Kier alpha value is -3.32. The first kappa shape index (κ1) is 16.5. The first-order valence-electron chi connectivity index (χ1n) is 7.75. The SMILES string of the molecule is O=C(Nc1nncc(-c2ccccc2)n1)N[C@H](CO)c1ccccc1. The summed E-state index contributed by atoms with van der Waals surface area (Å²) in [5.41, 5.74) is 2.28. The summed E-state index contributed by atoms with van der Waals surface area (Å²) in [5.74, 6) is 0.0867. The van der Waals surface area contributed by atoms with Gasteiger partial charge in [-0.2, -0.15) is 5.10 Å². The van der Waals surface area contributed by atoms with E-state index in [4.69, 9.17) is 0 Å². The molecule has 1 atom stereocenters. The summed E-state index contributed by atoms with van der Waals surface area (Å²) in [5, 5.41) is 22.4. The number of nitrogens with one attached hydrogen (secondary N) is 2. The van der Waals surface area contributed by atoms with Crippen molar-refractivity contribution in [2.45, 2.75) is 6.04 Å². The maximum Gasteiger partial charge on any atom is 0.322 e. The van der Waals surface area contributed by atoms with Gasteiger partial charge in [0.2, 0.25) is 0 Å². The molecule has 3 rings (SSSR count). The molecule has 3 aromatic rings. The van der Waals surface area contributed by atoms with Crippen LogP contribution in [-0.4, -0.2) is 32.9 Å². The number of hydrogen-bond donors (Lipinski definition) is 3. The van der Waals surface area contributed by atoms with Crippen molar-refractivity contribution in [1.29, 1.82) is 0 Å². The minimum atomic E-state index is -0.522. The minimum Gasteiger partial charge on any atom is -0.394 e. The molecule has 1 aromatic heterocycles. The molecule has 0 saturated heterocycles. The van der Waals surface area contributed by atoms with Crippen molar-refractivity contribution < 1.29 is 9.90 Å². The van der Waals surface area contributed by atoms with Crippen molar-refractivity contribution in [1.82, 2.24) is 20.5 Å². The lowest BCUT2D eigenvalue weighted by Crippen LogP contribution is -2.34. The number of benzene rings is 2. The molecule has 1 heterocycles. The van der Waals surface area contributed by atoms with E-state index in [0.717, 1.165) is 11.1 Å². The molecule has 2 amide bonds.